The van der Waals surface area contributed by atoms with Crippen LogP contribution in [0.15, 0.2) is 18.2 Å². The van der Waals surface area contributed by atoms with Gasteiger partial charge in [-0.2, -0.15) is 0 Å². The van der Waals surface area contributed by atoms with Crippen molar-refractivity contribution >= 4 is 23.9 Å². The Hall–Kier alpha value is -2.97. The fraction of sp³-hybridized carbons (Fsp3) is 0.526. The number of aromatic nitrogens is 1. The van der Waals surface area contributed by atoms with Crippen molar-refractivity contribution in [3.05, 3.63) is 29.6 Å². The van der Waals surface area contributed by atoms with E-state index in [0.29, 0.717) is 0 Å². The van der Waals surface area contributed by atoms with Crippen molar-refractivity contribution in [2.75, 3.05) is 0 Å². The van der Waals surface area contributed by atoms with Crippen LogP contribution in [0.4, 0.5) is 0 Å². The van der Waals surface area contributed by atoms with Gasteiger partial charge in [0.15, 0.2) is 12.2 Å². The summed E-state index contributed by atoms with van der Waals surface area (Å²) in [4.78, 5) is 51.6. The van der Waals surface area contributed by atoms with Gasteiger partial charge in [0.2, 0.25) is 0 Å². The molecule has 0 aliphatic heterocycles. The van der Waals surface area contributed by atoms with E-state index in [2.05, 4.69) is 4.98 Å². The number of carbonyl (C=O) groups is 4. The van der Waals surface area contributed by atoms with E-state index in [1.807, 2.05) is 0 Å². The van der Waals surface area contributed by atoms with E-state index in [9.17, 15) is 19.2 Å². The molecule has 0 bridgehead atoms. The van der Waals surface area contributed by atoms with Gasteiger partial charge in [-0.1, -0.05) is 6.07 Å². The molecule has 0 saturated carbocycles. The first-order valence-corrected chi connectivity index (χ1v) is 8.81. The molecule has 0 radical (unpaired) electrons. The number of ether oxygens (including phenoxy) is 4. The predicted octanol–water partition coefficient (Wildman–Crippen LogP) is 2.08. The van der Waals surface area contributed by atoms with Crippen molar-refractivity contribution in [2.24, 2.45) is 0 Å². The van der Waals surface area contributed by atoms with E-state index in [1.54, 1.807) is 27.7 Å². The Balaban J connectivity index is 2.77. The molecule has 0 aromatic carbocycles. The Bertz CT molecular complexity index is 671. The minimum Gasteiger partial charge on any atom is -0.460 e. The summed E-state index contributed by atoms with van der Waals surface area (Å²) in [7, 11) is 0. The van der Waals surface area contributed by atoms with Gasteiger partial charge in [0.05, 0.1) is 12.2 Å². The smallest absolute Gasteiger partial charge is 0.357 e. The molecule has 0 aliphatic rings. The van der Waals surface area contributed by atoms with Crippen LogP contribution in [-0.4, -0.2) is 53.3 Å². The first kappa shape index (κ1) is 23.1. The number of hydrogen-bond acceptors (Lipinski definition) is 9. The Kier molecular flexibility index (Phi) is 8.56. The molecule has 0 N–H and O–H groups in total. The summed E-state index contributed by atoms with van der Waals surface area (Å²) in [5.41, 5.74) is -0.396. The highest BCUT2D eigenvalue weighted by Crippen LogP contribution is 2.08. The summed E-state index contributed by atoms with van der Waals surface area (Å²) in [6.45, 7) is 9.40. The van der Waals surface area contributed by atoms with Crippen molar-refractivity contribution in [3.8, 4) is 0 Å². The second-order valence-electron chi connectivity index (χ2n) is 6.47. The van der Waals surface area contributed by atoms with Crippen molar-refractivity contribution in [2.45, 2.75) is 66.0 Å². The van der Waals surface area contributed by atoms with Gasteiger partial charge in [-0.25, -0.2) is 24.2 Å². The molecule has 0 unspecified atom stereocenters. The molecule has 9 nitrogen and oxygen atoms in total. The van der Waals surface area contributed by atoms with Crippen LogP contribution in [0.3, 0.4) is 0 Å². The van der Waals surface area contributed by atoms with Crippen molar-refractivity contribution in [3.63, 3.8) is 0 Å². The molecule has 0 amide bonds. The van der Waals surface area contributed by atoms with Gasteiger partial charge < -0.3 is 18.9 Å². The van der Waals surface area contributed by atoms with Crippen LogP contribution >= 0.6 is 0 Å². The standard InChI is InChI=1S/C19H25NO8/c1-10(2)25-16(21)12(5)27-18(23)14-8-7-9-15(20-14)19(24)28-13(6)17(22)26-11(3)4/h7-13H,1-6H3/t12-,13+. The first-order valence-electron chi connectivity index (χ1n) is 8.81. The third-order valence-corrected chi connectivity index (χ3v) is 3.10. The molecule has 154 valence electrons. The quantitative estimate of drug-likeness (QED) is 0.481. The summed E-state index contributed by atoms with van der Waals surface area (Å²) < 4.78 is 19.9. The Morgan fingerprint density at radius 2 is 1.04 bits per heavy atom. The minimum atomic E-state index is -1.14. The number of nitrogens with zero attached hydrogens (tertiary/aromatic N) is 1. The lowest BCUT2D eigenvalue weighted by Crippen LogP contribution is -2.29. The molecule has 1 heterocycles. The normalized spacial score (nSPS) is 12.9. The third-order valence-electron chi connectivity index (χ3n) is 3.10. The zero-order chi connectivity index (χ0) is 21.4. The zero-order valence-corrected chi connectivity index (χ0v) is 16.8. The highest BCUT2D eigenvalue weighted by molar-refractivity contribution is 5.93. The molecule has 28 heavy (non-hydrogen) atoms. The van der Waals surface area contributed by atoms with Crippen molar-refractivity contribution in [1.29, 1.82) is 0 Å². The molecule has 1 rings (SSSR count). The fourth-order valence-electron chi connectivity index (χ4n) is 1.86. The first-order chi connectivity index (χ1) is 13.0. The summed E-state index contributed by atoms with van der Waals surface area (Å²) in [6, 6.07) is 4.03. The molecule has 0 fully saturated rings. The van der Waals surface area contributed by atoms with Gasteiger partial charge in [0.25, 0.3) is 0 Å². The van der Waals surface area contributed by atoms with Crippen LogP contribution in [0.1, 0.15) is 62.5 Å². The van der Waals surface area contributed by atoms with Gasteiger partial charge in [-0.05, 0) is 53.7 Å². The average Bonchev–Trinajstić information content (AvgIpc) is 2.60. The Labute approximate surface area is 163 Å². The number of esters is 4. The molecular weight excluding hydrogens is 370 g/mol. The van der Waals surface area contributed by atoms with E-state index in [0.717, 1.165) is 0 Å². The van der Waals surface area contributed by atoms with E-state index < -0.39 is 36.1 Å². The number of carbonyl (C=O) groups excluding carboxylic acids is 4. The van der Waals surface area contributed by atoms with Crippen molar-refractivity contribution in [1.82, 2.24) is 4.98 Å². The maximum absolute atomic E-state index is 12.2. The molecular formula is C19H25NO8. The van der Waals surface area contributed by atoms with Gasteiger partial charge in [-0.3, -0.25) is 0 Å². The topological polar surface area (TPSA) is 118 Å². The lowest BCUT2D eigenvalue weighted by Gasteiger charge is -2.15. The predicted molar refractivity (Wildman–Crippen MR) is 96.4 cm³/mol. The third kappa shape index (κ3) is 7.34. The SMILES string of the molecule is CC(C)OC(=O)[C@H](C)OC(=O)c1cccc(C(=O)O[C@H](C)C(=O)OC(C)C)n1. The molecule has 0 spiro atoms. The van der Waals surface area contributed by atoms with Crippen LogP contribution in [0.5, 0.6) is 0 Å². The van der Waals surface area contributed by atoms with E-state index in [4.69, 9.17) is 18.9 Å². The lowest BCUT2D eigenvalue weighted by atomic mass is 10.3. The van der Waals surface area contributed by atoms with Crippen LogP contribution in [0.25, 0.3) is 0 Å². The molecule has 0 saturated heterocycles. The maximum atomic E-state index is 12.2. The van der Waals surface area contributed by atoms with Gasteiger partial charge >= 0.3 is 23.9 Å². The lowest BCUT2D eigenvalue weighted by molar-refractivity contribution is -0.157. The molecule has 0 aliphatic carbocycles. The summed E-state index contributed by atoms with van der Waals surface area (Å²) >= 11 is 0. The number of rotatable bonds is 8. The van der Waals surface area contributed by atoms with E-state index in [1.165, 1.54) is 32.0 Å². The highest BCUT2D eigenvalue weighted by atomic mass is 16.6. The van der Waals surface area contributed by atoms with Crippen LogP contribution in [0.2, 0.25) is 0 Å². The van der Waals surface area contributed by atoms with Crippen LogP contribution in [-0.2, 0) is 28.5 Å². The van der Waals surface area contributed by atoms with E-state index >= 15 is 0 Å². The molecule has 9 heteroatoms. The maximum Gasteiger partial charge on any atom is 0.357 e. The molecule has 2 atom stereocenters. The molecule has 1 aromatic rings. The summed E-state index contributed by atoms with van der Waals surface area (Å²) in [6.07, 6.45) is -2.99. The average molecular weight is 395 g/mol. The highest BCUT2D eigenvalue weighted by Gasteiger charge is 2.25. The monoisotopic (exact) mass is 395 g/mol. The number of pyridine rings is 1. The van der Waals surface area contributed by atoms with E-state index in [-0.39, 0.29) is 23.6 Å². The van der Waals surface area contributed by atoms with Gasteiger partial charge in [0, 0.05) is 0 Å². The second kappa shape index (κ2) is 10.4. The summed E-state index contributed by atoms with van der Waals surface area (Å²) in [5, 5.41) is 0. The number of hydrogen-bond donors (Lipinski definition) is 0. The van der Waals surface area contributed by atoms with Gasteiger partial charge in [-0.15, -0.1) is 0 Å². The fourth-order valence-corrected chi connectivity index (χ4v) is 1.86. The Morgan fingerprint density at radius 1 is 0.679 bits per heavy atom. The van der Waals surface area contributed by atoms with Gasteiger partial charge in [0.1, 0.15) is 11.4 Å². The van der Waals surface area contributed by atoms with Crippen LogP contribution in [0, 0.1) is 0 Å². The largest absolute Gasteiger partial charge is 0.460 e. The minimum absolute atomic E-state index is 0.198. The molecule has 1 aromatic heterocycles. The summed E-state index contributed by atoms with van der Waals surface area (Å²) in [5.74, 6) is -3.21. The second-order valence-corrected chi connectivity index (χ2v) is 6.47. The van der Waals surface area contributed by atoms with Crippen LogP contribution < -0.4 is 0 Å². The van der Waals surface area contributed by atoms with Crippen molar-refractivity contribution < 1.29 is 38.1 Å². The Morgan fingerprint density at radius 3 is 1.36 bits per heavy atom. The zero-order valence-electron chi connectivity index (χ0n) is 16.8.